The van der Waals surface area contributed by atoms with Crippen LogP contribution in [0.25, 0.3) is 0 Å². The highest BCUT2D eigenvalue weighted by atomic mass is 32.2. The number of sulfonamides is 1. The van der Waals surface area contributed by atoms with Crippen LogP contribution < -0.4 is 5.32 Å². The van der Waals surface area contributed by atoms with Crippen LogP contribution in [0.4, 0.5) is 4.39 Å². The van der Waals surface area contributed by atoms with E-state index in [-0.39, 0.29) is 41.9 Å². The van der Waals surface area contributed by atoms with Crippen molar-refractivity contribution in [2.75, 3.05) is 20.1 Å². The number of hydrogen-bond acceptors (Lipinski definition) is 5. The third-order valence-corrected chi connectivity index (χ3v) is 8.38. The summed E-state index contributed by atoms with van der Waals surface area (Å²) in [7, 11) is -2.68. The van der Waals surface area contributed by atoms with Crippen LogP contribution in [0.5, 0.6) is 0 Å². The highest BCUT2D eigenvalue weighted by Gasteiger charge is 2.29. The smallest absolute Gasteiger partial charge is 0.303 e. The number of β-amino-alcohol motifs (C(OH)–C–C–N with tert-alkyl or cyclic N) is 1. The third-order valence-electron chi connectivity index (χ3n) is 6.56. The first kappa shape index (κ1) is 27.3. The largest absolute Gasteiger partial charge is 0.481 e. The second kappa shape index (κ2) is 11.2. The van der Waals surface area contributed by atoms with E-state index in [0.29, 0.717) is 5.92 Å². The van der Waals surface area contributed by atoms with Gasteiger partial charge in [0.2, 0.25) is 10.0 Å². The van der Waals surface area contributed by atoms with Gasteiger partial charge in [0.05, 0.1) is 11.0 Å². The predicted octanol–water partition coefficient (Wildman–Crippen LogP) is 3.00. The number of benzene rings is 2. The molecule has 0 radical (unpaired) electrons. The maximum Gasteiger partial charge on any atom is 0.303 e. The maximum atomic E-state index is 14.3. The van der Waals surface area contributed by atoms with Crippen LogP contribution in [0.3, 0.4) is 0 Å². The molecule has 0 heterocycles. The summed E-state index contributed by atoms with van der Waals surface area (Å²) in [4.78, 5) is 10.5. The Morgan fingerprint density at radius 3 is 2.40 bits per heavy atom. The number of carbonyl (C=O) groups is 1. The van der Waals surface area contributed by atoms with E-state index in [4.69, 9.17) is 5.11 Å². The van der Waals surface area contributed by atoms with E-state index in [0.717, 1.165) is 29.6 Å². The molecule has 0 fully saturated rings. The highest BCUT2D eigenvalue weighted by Crippen LogP contribution is 2.31. The summed E-state index contributed by atoms with van der Waals surface area (Å²) >= 11 is 0. The summed E-state index contributed by atoms with van der Waals surface area (Å²) in [6.45, 7) is 4.23. The number of nitrogens with zero attached hydrogens (tertiary/aromatic N) is 1. The maximum absolute atomic E-state index is 14.3. The lowest BCUT2D eigenvalue weighted by molar-refractivity contribution is -0.136. The molecule has 192 valence electrons. The van der Waals surface area contributed by atoms with Crippen LogP contribution in [-0.4, -0.2) is 60.7 Å². The van der Waals surface area contributed by atoms with Crippen molar-refractivity contribution in [1.82, 2.24) is 9.62 Å². The van der Waals surface area contributed by atoms with Gasteiger partial charge in [-0.2, -0.15) is 4.31 Å². The number of aryl methyl sites for hydroxylation is 1. The second-order valence-electron chi connectivity index (χ2n) is 10.1. The van der Waals surface area contributed by atoms with Gasteiger partial charge in [-0.05, 0) is 74.3 Å². The van der Waals surface area contributed by atoms with Crippen LogP contribution in [-0.2, 0) is 34.1 Å². The first-order valence-corrected chi connectivity index (χ1v) is 13.3. The summed E-state index contributed by atoms with van der Waals surface area (Å²) in [5, 5.41) is 22.6. The summed E-state index contributed by atoms with van der Waals surface area (Å²) in [6, 6.07) is 11.9. The molecule has 7 nitrogen and oxygen atoms in total. The van der Waals surface area contributed by atoms with E-state index >= 15 is 0 Å². The summed E-state index contributed by atoms with van der Waals surface area (Å²) in [5.74, 6) is -1.30. The third kappa shape index (κ3) is 7.33. The first-order valence-electron chi connectivity index (χ1n) is 11.8. The van der Waals surface area contributed by atoms with E-state index in [1.54, 1.807) is 0 Å². The molecule has 2 aromatic rings. The molecule has 2 aromatic carbocycles. The molecule has 1 aliphatic carbocycles. The van der Waals surface area contributed by atoms with Gasteiger partial charge in [-0.25, -0.2) is 12.8 Å². The van der Waals surface area contributed by atoms with Gasteiger partial charge in [-0.1, -0.05) is 30.3 Å². The number of aliphatic hydroxyl groups is 1. The summed E-state index contributed by atoms with van der Waals surface area (Å²) < 4.78 is 41.1. The number of hydrogen-bond donors (Lipinski definition) is 3. The number of likely N-dealkylation sites (N-methyl/N-ethyl adjacent to an activating group) is 1. The molecule has 3 rings (SSSR count). The van der Waals surface area contributed by atoms with Gasteiger partial charge in [0.15, 0.2) is 0 Å². The van der Waals surface area contributed by atoms with Gasteiger partial charge >= 0.3 is 5.97 Å². The topological polar surface area (TPSA) is 107 Å². The van der Waals surface area contributed by atoms with Gasteiger partial charge in [0, 0.05) is 32.1 Å². The molecule has 35 heavy (non-hydrogen) atoms. The van der Waals surface area contributed by atoms with Gasteiger partial charge in [0.25, 0.3) is 0 Å². The Balaban J connectivity index is 1.52. The molecule has 1 atom stereocenters. The van der Waals surface area contributed by atoms with Crippen molar-refractivity contribution in [3.05, 3.63) is 65.0 Å². The van der Waals surface area contributed by atoms with Crippen molar-refractivity contribution >= 4 is 16.0 Å². The molecular formula is C26H35FN2O5S. The molecule has 0 bridgehead atoms. The zero-order valence-corrected chi connectivity index (χ0v) is 21.3. The van der Waals surface area contributed by atoms with Crippen LogP contribution in [0.2, 0.25) is 0 Å². The van der Waals surface area contributed by atoms with Crippen molar-refractivity contribution in [1.29, 1.82) is 0 Å². The Morgan fingerprint density at radius 2 is 1.83 bits per heavy atom. The van der Waals surface area contributed by atoms with Crippen molar-refractivity contribution in [3.63, 3.8) is 0 Å². The molecule has 0 aliphatic heterocycles. The Labute approximate surface area is 207 Å². The average molecular weight is 507 g/mol. The first-order chi connectivity index (χ1) is 16.4. The fourth-order valence-corrected chi connectivity index (χ4v) is 5.98. The number of fused-ring (bicyclic) bond motifs is 1. The van der Waals surface area contributed by atoms with E-state index in [1.807, 2.05) is 0 Å². The number of nitrogens with one attached hydrogen (secondary N) is 1. The molecule has 0 aromatic heterocycles. The molecule has 0 amide bonds. The van der Waals surface area contributed by atoms with E-state index in [1.165, 1.54) is 30.3 Å². The fourth-order valence-electron chi connectivity index (χ4n) is 4.75. The standard InChI is InChI=1S/C26H35FN2O5S/c1-26(2,15-18-12-20-6-4-5-7-21(20)13-18)28-16-22(30)17-29(3)35(33,34)23-10-8-19(24(27)14-23)9-11-25(31)32/h4-8,10,14,18,22,28,30H,9,11-13,15-17H2,1-3H3,(H,31,32)/t22-/m1/s1. The van der Waals surface area contributed by atoms with Crippen molar-refractivity contribution in [2.24, 2.45) is 5.92 Å². The lowest BCUT2D eigenvalue weighted by Gasteiger charge is -2.31. The zero-order valence-electron chi connectivity index (χ0n) is 20.5. The van der Waals surface area contributed by atoms with Gasteiger partial charge in [-0.15, -0.1) is 0 Å². The number of rotatable bonds is 12. The minimum absolute atomic E-state index is 0.0234. The van der Waals surface area contributed by atoms with Crippen molar-refractivity contribution in [2.45, 2.75) is 62.5 Å². The molecule has 0 spiro atoms. The van der Waals surface area contributed by atoms with Gasteiger partial charge < -0.3 is 15.5 Å². The number of carboxylic acid groups (broad SMARTS) is 1. The summed E-state index contributed by atoms with van der Waals surface area (Å²) in [6.07, 6.45) is 1.79. The average Bonchev–Trinajstić information content (AvgIpc) is 3.18. The van der Waals surface area contributed by atoms with Gasteiger partial charge in [-0.3, -0.25) is 4.79 Å². The molecular weight excluding hydrogens is 471 g/mol. The number of aliphatic hydroxyl groups excluding tert-OH is 1. The molecule has 3 N–H and O–H groups in total. The van der Waals surface area contributed by atoms with E-state index in [9.17, 15) is 22.7 Å². The van der Waals surface area contributed by atoms with E-state index < -0.39 is 27.9 Å². The lowest BCUT2D eigenvalue weighted by Crippen LogP contribution is -2.47. The Hall–Kier alpha value is -2.33. The number of aliphatic carboxylic acids is 1. The SMILES string of the molecule is CN(C[C@H](O)CNC(C)(C)CC1Cc2ccccc2C1)S(=O)(=O)c1ccc(CCC(=O)O)c(F)c1. The van der Waals surface area contributed by atoms with Crippen LogP contribution in [0, 0.1) is 11.7 Å². The quantitative estimate of drug-likeness (QED) is 0.409. The van der Waals surface area contributed by atoms with E-state index in [2.05, 4.69) is 43.4 Å². The molecule has 0 saturated carbocycles. The number of carboxylic acids is 1. The monoisotopic (exact) mass is 506 g/mol. The van der Waals surface area contributed by atoms with Crippen LogP contribution >= 0.6 is 0 Å². The summed E-state index contributed by atoms with van der Waals surface area (Å²) in [5.41, 5.74) is 2.70. The Kier molecular flexibility index (Phi) is 8.69. The zero-order chi connectivity index (χ0) is 25.8. The molecule has 9 heteroatoms. The normalized spacial score (nSPS) is 15.4. The molecule has 0 unspecified atom stereocenters. The predicted molar refractivity (Wildman–Crippen MR) is 132 cm³/mol. The van der Waals surface area contributed by atoms with Crippen molar-refractivity contribution < 1.29 is 27.8 Å². The van der Waals surface area contributed by atoms with Crippen LogP contribution in [0.15, 0.2) is 47.4 Å². The van der Waals surface area contributed by atoms with Gasteiger partial charge in [0.1, 0.15) is 5.82 Å². The Morgan fingerprint density at radius 1 is 1.20 bits per heavy atom. The minimum Gasteiger partial charge on any atom is -0.481 e. The fraction of sp³-hybridized carbons (Fsp3) is 0.500. The highest BCUT2D eigenvalue weighted by molar-refractivity contribution is 7.89. The minimum atomic E-state index is -4.02. The van der Waals surface area contributed by atoms with Crippen LogP contribution in [0.1, 0.15) is 43.4 Å². The lowest BCUT2D eigenvalue weighted by atomic mass is 9.88. The second-order valence-corrected chi connectivity index (χ2v) is 12.1. The molecule has 0 saturated heterocycles. The molecule has 1 aliphatic rings. The Bertz CT molecular complexity index is 1130. The number of halogens is 1. The van der Waals surface area contributed by atoms with Crippen molar-refractivity contribution in [3.8, 4) is 0 Å².